The molecule has 0 radical (unpaired) electrons. The summed E-state index contributed by atoms with van der Waals surface area (Å²) in [6.07, 6.45) is 2.73. The molecule has 1 amide bonds. The summed E-state index contributed by atoms with van der Waals surface area (Å²) in [5.41, 5.74) is 0.651. The number of hydrogen-bond donors (Lipinski definition) is 1. The number of rotatable bonds is 4. The maximum atomic E-state index is 12.6. The van der Waals surface area contributed by atoms with Crippen molar-refractivity contribution in [1.29, 1.82) is 5.26 Å². The van der Waals surface area contributed by atoms with Gasteiger partial charge in [-0.3, -0.25) is 9.69 Å². The molecule has 2 fully saturated rings. The van der Waals surface area contributed by atoms with E-state index in [1.54, 1.807) is 11.8 Å². The number of carbonyl (C=O) groups is 1. The van der Waals surface area contributed by atoms with Crippen molar-refractivity contribution in [3.8, 4) is 6.07 Å². The van der Waals surface area contributed by atoms with Gasteiger partial charge in [0, 0.05) is 18.8 Å². The van der Waals surface area contributed by atoms with Gasteiger partial charge in [0.05, 0.1) is 12.0 Å². The number of carbonyl (C=O) groups excluding carboxylic acids is 1. The largest absolute Gasteiger partial charge is 0.337 e. The maximum Gasteiger partial charge on any atom is 0.225 e. The fourth-order valence-electron chi connectivity index (χ4n) is 3.37. The van der Waals surface area contributed by atoms with Crippen LogP contribution in [0.15, 0.2) is 30.3 Å². The second kappa shape index (κ2) is 7.37. The van der Waals surface area contributed by atoms with Gasteiger partial charge in [0.1, 0.15) is 5.54 Å². The second-order valence-corrected chi connectivity index (χ2v) is 7.65. The van der Waals surface area contributed by atoms with E-state index in [0.29, 0.717) is 0 Å². The number of hydrogen-bond acceptors (Lipinski definition) is 4. The quantitative estimate of drug-likeness (QED) is 0.922. The fraction of sp³-hybridized carbons (Fsp3) is 0.556. The van der Waals surface area contributed by atoms with E-state index in [-0.39, 0.29) is 11.8 Å². The van der Waals surface area contributed by atoms with Crippen LogP contribution in [0.3, 0.4) is 0 Å². The Morgan fingerprint density at radius 1 is 1.43 bits per heavy atom. The van der Waals surface area contributed by atoms with Crippen LogP contribution in [0.4, 0.5) is 0 Å². The molecule has 5 heteroatoms. The molecule has 122 valence electrons. The Balaban J connectivity index is 1.57. The minimum Gasteiger partial charge on any atom is -0.337 e. The molecule has 0 saturated carbocycles. The van der Waals surface area contributed by atoms with Crippen LogP contribution in [0.25, 0.3) is 0 Å². The first-order valence-electron chi connectivity index (χ1n) is 8.28. The van der Waals surface area contributed by atoms with Crippen molar-refractivity contribution in [3.63, 3.8) is 0 Å². The van der Waals surface area contributed by atoms with Crippen molar-refractivity contribution < 1.29 is 4.79 Å². The summed E-state index contributed by atoms with van der Waals surface area (Å²) < 4.78 is 0. The van der Waals surface area contributed by atoms with Gasteiger partial charge in [-0.2, -0.15) is 17.0 Å². The summed E-state index contributed by atoms with van der Waals surface area (Å²) in [6, 6.07) is 12.7. The molecule has 3 rings (SSSR count). The molecule has 2 aliphatic rings. The smallest absolute Gasteiger partial charge is 0.225 e. The van der Waals surface area contributed by atoms with E-state index in [1.807, 2.05) is 6.07 Å². The molecule has 2 aliphatic heterocycles. The van der Waals surface area contributed by atoms with Crippen LogP contribution in [-0.4, -0.2) is 40.9 Å². The van der Waals surface area contributed by atoms with Crippen molar-refractivity contribution in [2.45, 2.75) is 31.3 Å². The third-order valence-corrected chi connectivity index (χ3v) is 5.91. The highest BCUT2D eigenvalue weighted by Gasteiger charge is 2.38. The summed E-state index contributed by atoms with van der Waals surface area (Å²) in [5, 5.41) is 12.5. The lowest BCUT2D eigenvalue weighted by Gasteiger charge is -2.33. The molecule has 0 bridgehead atoms. The lowest BCUT2D eigenvalue weighted by Crippen LogP contribution is -2.52. The van der Waals surface area contributed by atoms with Crippen molar-refractivity contribution in [1.82, 2.24) is 10.2 Å². The van der Waals surface area contributed by atoms with E-state index in [0.717, 1.165) is 50.4 Å². The number of nitrogens with zero attached hydrogens (tertiary/aromatic N) is 2. The fourth-order valence-corrected chi connectivity index (χ4v) is 4.64. The zero-order valence-corrected chi connectivity index (χ0v) is 14.1. The molecule has 4 nitrogen and oxygen atoms in total. The first-order chi connectivity index (χ1) is 11.2. The Morgan fingerprint density at radius 3 is 2.96 bits per heavy atom. The number of thioether (sulfide) groups is 1. The SMILES string of the molecule is N#C[C@]1(NC(=O)[C@@H]2CCCN(Cc3ccccc3)C2)CCSC1. The number of nitriles is 1. The van der Waals surface area contributed by atoms with E-state index in [2.05, 4.69) is 40.6 Å². The van der Waals surface area contributed by atoms with Gasteiger partial charge in [-0.1, -0.05) is 30.3 Å². The lowest BCUT2D eigenvalue weighted by atomic mass is 9.94. The Labute approximate surface area is 142 Å². The zero-order valence-electron chi connectivity index (χ0n) is 13.3. The Kier molecular flexibility index (Phi) is 5.24. The van der Waals surface area contributed by atoms with E-state index >= 15 is 0 Å². The van der Waals surface area contributed by atoms with E-state index in [9.17, 15) is 10.1 Å². The topological polar surface area (TPSA) is 56.1 Å². The number of nitrogens with one attached hydrogen (secondary N) is 1. The van der Waals surface area contributed by atoms with Crippen LogP contribution in [0, 0.1) is 17.2 Å². The van der Waals surface area contributed by atoms with Crippen LogP contribution in [0.1, 0.15) is 24.8 Å². The number of piperidine rings is 1. The summed E-state index contributed by atoms with van der Waals surface area (Å²) >= 11 is 1.75. The highest BCUT2D eigenvalue weighted by atomic mass is 32.2. The third kappa shape index (κ3) is 4.07. The van der Waals surface area contributed by atoms with Crippen LogP contribution in [0.5, 0.6) is 0 Å². The molecule has 23 heavy (non-hydrogen) atoms. The van der Waals surface area contributed by atoms with E-state index < -0.39 is 5.54 Å². The van der Waals surface area contributed by atoms with Gasteiger partial charge in [0.15, 0.2) is 0 Å². The van der Waals surface area contributed by atoms with Crippen LogP contribution >= 0.6 is 11.8 Å². The summed E-state index contributed by atoms with van der Waals surface area (Å²) in [4.78, 5) is 15.0. The van der Waals surface area contributed by atoms with Gasteiger partial charge in [-0.05, 0) is 37.1 Å². The van der Waals surface area contributed by atoms with Gasteiger partial charge in [-0.25, -0.2) is 0 Å². The molecule has 0 spiro atoms. The third-order valence-electron chi connectivity index (χ3n) is 4.72. The normalized spacial score (nSPS) is 28.2. The minimum absolute atomic E-state index is 0.00304. The summed E-state index contributed by atoms with van der Waals surface area (Å²) in [7, 11) is 0. The van der Waals surface area contributed by atoms with Gasteiger partial charge < -0.3 is 5.32 Å². The van der Waals surface area contributed by atoms with E-state index in [4.69, 9.17) is 0 Å². The summed E-state index contributed by atoms with van der Waals surface area (Å²) in [5.74, 6) is 1.74. The second-order valence-electron chi connectivity index (χ2n) is 6.55. The van der Waals surface area contributed by atoms with Crippen LogP contribution < -0.4 is 5.32 Å². The Hall–Kier alpha value is -1.51. The van der Waals surface area contributed by atoms with Crippen molar-refractivity contribution >= 4 is 17.7 Å². The lowest BCUT2D eigenvalue weighted by molar-refractivity contribution is -0.128. The van der Waals surface area contributed by atoms with Gasteiger partial charge in [0.25, 0.3) is 0 Å². The maximum absolute atomic E-state index is 12.6. The Bertz CT molecular complexity index is 578. The van der Waals surface area contributed by atoms with Gasteiger partial charge in [-0.15, -0.1) is 0 Å². The first-order valence-corrected chi connectivity index (χ1v) is 9.43. The number of amides is 1. The highest BCUT2D eigenvalue weighted by Crippen LogP contribution is 2.28. The van der Waals surface area contributed by atoms with Crippen molar-refractivity contribution in [3.05, 3.63) is 35.9 Å². The zero-order chi connectivity index (χ0) is 16.1. The molecular formula is C18H23N3OS. The molecule has 1 aromatic carbocycles. The minimum atomic E-state index is -0.635. The standard InChI is InChI=1S/C18H23N3OS/c19-13-18(8-10-23-14-18)20-17(22)16-7-4-9-21(12-16)11-15-5-2-1-3-6-15/h1-3,5-6,16H,4,7-12,14H2,(H,20,22)/t16-,18-/m1/s1. The summed E-state index contributed by atoms with van der Waals surface area (Å²) in [6.45, 7) is 2.72. The van der Waals surface area contributed by atoms with Crippen LogP contribution in [-0.2, 0) is 11.3 Å². The van der Waals surface area contributed by atoms with E-state index in [1.165, 1.54) is 5.56 Å². The number of likely N-dealkylation sites (tertiary alicyclic amines) is 1. The average Bonchev–Trinajstić information content (AvgIpc) is 3.05. The van der Waals surface area contributed by atoms with Crippen molar-refractivity contribution in [2.75, 3.05) is 24.6 Å². The molecule has 0 aromatic heterocycles. The highest BCUT2D eigenvalue weighted by molar-refractivity contribution is 7.99. The molecular weight excluding hydrogens is 306 g/mol. The van der Waals surface area contributed by atoms with Crippen molar-refractivity contribution in [2.24, 2.45) is 5.92 Å². The molecule has 0 aliphatic carbocycles. The molecule has 1 N–H and O–H groups in total. The molecule has 2 saturated heterocycles. The monoisotopic (exact) mass is 329 g/mol. The molecule has 2 atom stereocenters. The molecule has 0 unspecified atom stereocenters. The predicted octanol–water partition coefficient (Wildman–Crippen LogP) is 2.41. The average molecular weight is 329 g/mol. The Morgan fingerprint density at radius 2 is 2.26 bits per heavy atom. The predicted molar refractivity (Wildman–Crippen MR) is 92.9 cm³/mol. The van der Waals surface area contributed by atoms with Gasteiger partial charge in [0.2, 0.25) is 5.91 Å². The van der Waals surface area contributed by atoms with Gasteiger partial charge >= 0.3 is 0 Å². The molecule has 1 aromatic rings. The first kappa shape index (κ1) is 16.4. The van der Waals surface area contributed by atoms with Crippen LogP contribution in [0.2, 0.25) is 0 Å². The molecule has 2 heterocycles. The number of benzene rings is 1.